The van der Waals surface area contributed by atoms with Crippen LogP contribution in [0.3, 0.4) is 0 Å². The minimum absolute atomic E-state index is 0.0941. The fourth-order valence-corrected chi connectivity index (χ4v) is 1.38. The van der Waals surface area contributed by atoms with Gasteiger partial charge in [0.05, 0.1) is 4.88 Å². The van der Waals surface area contributed by atoms with Gasteiger partial charge in [-0.2, -0.15) is 0 Å². The maximum absolute atomic E-state index is 10.4. The van der Waals surface area contributed by atoms with E-state index in [1.54, 1.807) is 12.3 Å². The Balaban J connectivity index is 2.39. The summed E-state index contributed by atoms with van der Waals surface area (Å²) in [5, 5.41) is 11.9. The highest BCUT2D eigenvalue weighted by molar-refractivity contribution is 7.09. The van der Waals surface area contributed by atoms with E-state index in [0.717, 1.165) is 4.88 Å². The fraction of sp³-hybridized carbons (Fsp3) is 0. The van der Waals surface area contributed by atoms with E-state index in [4.69, 9.17) is 9.63 Å². The summed E-state index contributed by atoms with van der Waals surface area (Å²) in [5.41, 5.74) is -0.0941. The molecule has 0 atom stereocenters. The van der Waals surface area contributed by atoms with Gasteiger partial charge in [0.1, 0.15) is 0 Å². The summed E-state index contributed by atoms with van der Waals surface area (Å²) in [6.45, 7) is 0. The molecule has 66 valence electrons. The Kier molecular flexibility index (Phi) is 1.82. The predicted octanol–water partition coefficient (Wildman–Crippen LogP) is 1.50. The van der Waals surface area contributed by atoms with Crippen LogP contribution in [0.2, 0.25) is 0 Å². The molecule has 0 aliphatic carbocycles. The molecule has 2 heterocycles. The van der Waals surface area contributed by atoms with Crippen LogP contribution in [0.25, 0.3) is 10.6 Å². The van der Waals surface area contributed by atoms with Crippen molar-refractivity contribution in [3.63, 3.8) is 0 Å². The third kappa shape index (κ3) is 1.43. The number of carboxylic acid groups (broad SMARTS) is 1. The monoisotopic (exact) mass is 196 g/mol. The summed E-state index contributed by atoms with van der Waals surface area (Å²) in [6, 6.07) is 3.10. The molecule has 0 aliphatic heterocycles. The number of hydrogen-bond donors (Lipinski definition) is 1. The second kappa shape index (κ2) is 2.98. The number of hydrogen-bond acceptors (Lipinski definition) is 5. The molecule has 5 nitrogen and oxygen atoms in total. The quantitative estimate of drug-likeness (QED) is 0.787. The molecule has 0 fully saturated rings. The van der Waals surface area contributed by atoms with Crippen molar-refractivity contribution in [2.45, 2.75) is 0 Å². The molecule has 2 aromatic rings. The first-order chi connectivity index (χ1) is 6.27. The van der Waals surface area contributed by atoms with Gasteiger partial charge in [-0.25, -0.2) is 9.17 Å². The van der Waals surface area contributed by atoms with Crippen LogP contribution in [0.1, 0.15) is 10.5 Å². The maximum atomic E-state index is 10.4. The summed E-state index contributed by atoms with van der Waals surface area (Å²) >= 11 is 1.22. The number of carbonyl (C=O) groups is 1. The van der Waals surface area contributed by atoms with Crippen molar-refractivity contribution in [3.05, 3.63) is 24.0 Å². The van der Waals surface area contributed by atoms with Crippen LogP contribution in [-0.2, 0) is 0 Å². The number of aromatic carboxylic acids is 1. The van der Waals surface area contributed by atoms with Crippen LogP contribution >= 0.6 is 11.5 Å². The lowest BCUT2D eigenvalue weighted by molar-refractivity contribution is 0.0686. The van der Waals surface area contributed by atoms with E-state index in [-0.39, 0.29) is 5.69 Å². The predicted molar refractivity (Wildman–Crippen MR) is 44.6 cm³/mol. The van der Waals surface area contributed by atoms with Crippen LogP contribution in [0.4, 0.5) is 0 Å². The van der Waals surface area contributed by atoms with Gasteiger partial charge in [-0.3, -0.25) is 0 Å². The molecular weight excluding hydrogens is 192 g/mol. The molecule has 6 heteroatoms. The van der Waals surface area contributed by atoms with E-state index in [9.17, 15) is 4.79 Å². The molecule has 0 aromatic carbocycles. The third-order valence-corrected chi connectivity index (χ3v) is 2.17. The molecule has 0 radical (unpaired) electrons. The van der Waals surface area contributed by atoms with E-state index in [0.29, 0.717) is 5.76 Å². The van der Waals surface area contributed by atoms with Crippen LogP contribution in [0.15, 0.2) is 22.9 Å². The number of nitrogens with zero attached hydrogens (tertiary/aromatic N) is 2. The van der Waals surface area contributed by atoms with E-state index in [1.165, 1.54) is 17.6 Å². The van der Waals surface area contributed by atoms with Crippen molar-refractivity contribution in [1.82, 2.24) is 9.53 Å². The first kappa shape index (κ1) is 7.93. The average Bonchev–Trinajstić information content (AvgIpc) is 2.75. The molecule has 0 unspecified atom stereocenters. The molecule has 0 amide bonds. The molecule has 0 bridgehead atoms. The van der Waals surface area contributed by atoms with Crippen molar-refractivity contribution < 1.29 is 14.4 Å². The Labute approximate surface area is 76.8 Å². The summed E-state index contributed by atoms with van der Waals surface area (Å²) in [4.78, 5) is 11.2. The Morgan fingerprint density at radius 3 is 3.00 bits per heavy atom. The van der Waals surface area contributed by atoms with Gasteiger partial charge < -0.3 is 9.63 Å². The minimum Gasteiger partial charge on any atom is -0.476 e. The molecule has 0 saturated carbocycles. The molecule has 0 spiro atoms. The topological polar surface area (TPSA) is 76.2 Å². The lowest BCUT2D eigenvalue weighted by Gasteiger charge is -1.81. The van der Waals surface area contributed by atoms with Crippen molar-refractivity contribution in [2.75, 3.05) is 0 Å². The van der Waals surface area contributed by atoms with Gasteiger partial charge in [0, 0.05) is 12.3 Å². The van der Waals surface area contributed by atoms with Gasteiger partial charge in [0.2, 0.25) is 0 Å². The van der Waals surface area contributed by atoms with E-state index in [1.807, 2.05) is 0 Å². The minimum atomic E-state index is -1.10. The smallest absolute Gasteiger partial charge is 0.358 e. The largest absolute Gasteiger partial charge is 0.476 e. The SMILES string of the molecule is O=C(O)c1cc(-c2ccns2)on1. The normalized spacial score (nSPS) is 10.2. The van der Waals surface area contributed by atoms with Gasteiger partial charge in [0.15, 0.2) is 11.5 Å². The summed E-state index contributed by atoms with van der Waals surface area (Å²) < 4.78 is 8.67. The zero-order chi connectivity index (χ0) is 9.26. The molecule has 0 saturated heterocycles. The summed E-state index contributed by atoms with van der Waals surface area (Å²) in [7, 11) is 0. The van der Waals surface area contributed by atoms with Crippen molar-refractivity contribution >= 4 is 17.5 Å². The summed E-state index contributed by atoms with van der Waals surface area (Å²) in [6.07, 6.45) is 1.61. The maximum Gasteiger partial charge on any atom is 0.358 e. The molecule has 13 heavy (non-hydrogen) atoms. The molecule has 1 N–H and O–H groups in total. The zero-order valence-corrected chi connectivity index (χ0v) is 7.11. The van der Waals surface area contributed by atoms with Crippen molar-refractivity contribution in [3.8, 4) is 10.6 Å². The van der Waals surface area contributed by atoms with E-state index in [2.05, 4.69) is 9.53 Å². The van der Waals surface area contributed by atoms with Crippen LogP contribution in [0.5, 0.6) is 0 Å². The standard InChI is InChI=1S/C7H4N2O3S/c10-7(11)4-3-5(12-9-4)6-1-2-8-13-6/h1-3H,(H,10,11). The number of carboxylic acids is 1. The Bertz CT molecular complexity index is 421. The van der Waals surface area contributed by atoms with Crippen LogP contribution < -0.4 is 0 Å². The second-order valence-electron chi connectivity index (χ2n) is 2.26. The fourth-order valence-electron chi connectivity index (χ4n) is 0.835. The first-order valence-corrected chi connectivity index (χ1v) is 4.16. The highest BCUT2D eigenvalue weighted by Gasteiger charge is 2.12. The van der Waals surface area contributed by atoms with Crippen LogP contribution in [-0.4, -0.2) is 20.6 Å². The van der Waals surface area contributed by atoms with Gasteiger partial charge in [-0.05, 0) is 17.6 Å². The highest BCUT2D eigenvalue weighted by atomic mass is 32.1. The number of rotatable bonds is 2. The van der Waals surface area contributed by atoms with Crippen LogP contribution in [0, 0.1) is 0 Å². The van der Waals surface area contributed by atoms with E-state index < -0.39 is 5.97 Å². The molecular formula is C7H4N2O3S. The van der Waals surface area contributed by atoms with Gasteiger partial charge in [0.25, 0.3) is 0 Å². The third-order valence-electron chi connectivity index (χ3n) is 1.41. The molecule has 0 aliphatic rings. The van der Waals surface area contributed by atoms with E-state index >= 15 is 0 Å². The Morgan fingerprint density at radius 2 is 2.46 bits per heavy atom. The van der Waals surface area contributed by atoms with Gasteiger partial charge in [-0.1, -0.05) is 5.16 Å². The van der Waals surface area contributed by atoms with Crippen molar-refractivity contribution in [1.29, 1.82) is 0 Å². The van der Waals surface area contributed by atoms with Crippen molar-refractivity contribution in [2.24, 2.45) is 0 Å². The van der Waals surface area contributed by atoms with Gasteiger partial charge in [-0.15, -0.1) is 0 Å². The van der Waals surface area contributed by atoms with Gasteiger partial charge >= 0.3 is 5.97 Å². The lowest BCUT2D eigenvalue weighted by atomic mass is 10.3. The first-order valence-electron chi connectivity index (χ1n) is 3.38. The Hall–Kier alpha value is -1.69. The molecule has 2 aromatic heterocycles. The zero-order valence-electron chi connectivity index (χ0n) is 6.30. The number of aromatic nitrogens is 2. The average molecular weight is 196 g/mol. The highest BCUT2D eigenvalue weighted by Crippen LogP contribution is 2.23. The lowest BCUT2D eigenvalue weighted by Crippen LogP contribution is -1.94. The molecule has 2 rings (SSSR count). The second-order valence-corrected chi connectivity index (χ2v) is 3.09. The Morgan fingerprint density at radius 1 is 1.62 bits per heavy atom. The summed E-state index contributed by atoms with van der Waals surface area (Å²) in [5.74, 6) is -0.667.